The van der Waals surface area contributed by atoms with E-state index in [1.165, 1.54) is 0 Å². The van der Waals surface area contributed by atoms with Crippen molar-refractivity contribution in [3.05, 3.63) is 42.3 Å². The summed E-state index contributed by atoms with van der Waals surface area (Å²) in [7, 11) is 0. The van der Waals surface area contributed by atoms with Crippen molar-refractivity contribution in [2.75, 3.05) is 13.2 Å². The maximum absolute atomic E-state index is 14.3. The number of ether oxygens (including phenoxy) is 1. The van der Waals surface area contributed by atoms with Crippen molar-refractivity contribution in [3.63, 3.8) is 0 Å². The van der Waals surface area contributed by atoms with E-state index in [0.29, 0.717) is 19.6 Å². The van der Waals surface area contributed by atoms with Crippen LogP contribution in [0.4, 0.5) is 4.39 Å². The molecule has 1 aliphatic heterocycles. The smallest absolute Gasteiger partial charge is 0.254 e. The molecule has 1 radical (unpaired) electrons. The lowest BCUT2D eigenvalue weighted by Gasteiger charge is -2.23. The quantitative estimate of drug-likeness (QED) is 0.494. The highest BCUT2D eigenvalue weighted by Gasteiger charge is 2.33. The Morgan fingerprint density at radius 2 is 2.14 bits per heavy atom. The fraction of sp³-hybridized carbons (Fsp3) is 0.591. The molecule has 4 atom stereocenters. The number of amides is 2. The molecule has 2 unspecified atom stereocenters. The van der Waals surface area contributed by atoms with Crippen LogP contribution in [0.15, 0.2) is 30.3 Å². The van der Waals surface area contributed by atoms with E-state index in [9.17, 15) is 19.1 Å². The highest BCUT2D eigenvalue weighted by atomic mass is 19.1. The summed E-state index contributed by atoms with van der Waals surface area (Å²) in [6.07, 6.45) is 3.42. The molecule has 1 aromatic rings. The van der Waals surface area contributed by atoms with Gasteiger partial charge in [-0.1, -0.05) is 30.3 Å². The molecule has 0 aromatic heterocycles. The number of aliphatic hydroxyl groups excluding tert-OH is 1. The minimum Gasteiger partial charge on any atom is -0.393 e. The number of alkyl halides is 1. The van der Waals surface area contributed by atoms with Crippen LogP contribution in [0, 0.1) is 12.3 Å². The summed E-state index contributed by atoms with van der Waals surface area (Å²) in [6.45, 7) is 2.20. The standard InChI is InChI=1S/C22H32FN2O4/c1-22(23,21(24)28)12-11-17(20(27)25-15-19-8-5-13-29-19)14-18(26)10-9-16-6-3-2-4-7-16/h2-4,6-7,10,17-19,26H,5,8-9,11-15H2,1H3,(H2,24,28)(H,25,27)/t17-,18+,19?,22?/m1/s1. The predicted octanol–water partition coefficient (Wildman–Crippen LogP) is 2.09. The number of rotatable bonds is 12. The summed E-state index contributed by atoms with van der Waals surface area (Å²) in [5.41, 5.74) is 3.96. The number of halogens is 1. The van der Waals surface area contributed by atoms with Gasteiger partial charge in [0.1, 0.15) is 0 Å². The molecule has 7 heteroatoms. The lowest BCUT2D eigenvalue weighted by molar-refractivity contribution is -0.131. The van der Waals surface area contributed by atoms with E-state index in [1.807, 2.05) is 30.3 Å². The maximum Gasteiger partial charge on any atom is 0.254 e. The van der Waals surface area contributed by atoms with Crippen LogP contribution in [0.5, 0.6) is 0 Å². The number of primary amides is 1. The summed E-state index contributed by atoms with van der Waals surface area (Å²) in [5.74, 6) is -1.95. The Morgan fingerprint density at radius 3 is 2.76 bits per heavy atom. The highest BCUT2D eigenvalue weighted by molar-refractivity contribution is 5.83. The Balaban J connectivity index is 1.90. The molecule has 2 rings (SSSR count). The number of hydrogen-bond acceptors (Lipinski definition) is 4. The van der Waals surface area contributed by atoms with E-state index in [2.05, 4.69) is 5.32 Å². The molecule has 1 saturated heterocycles. The first kappa shape index (κ1) is 23.3. The summed E-state index contributed by atoms with van der Waals surface area (Å²) < 4.78 is 19.8. The van der Waals surface area contributed by atoms with Gasteiger partial charge in [-0.05, 0) is 57.4 Å². The van der Waals surface area contributed by atoms with Gasteiger partial charge in [-0.3, -0.25) is 9.59 Å². The van der Waals surface area contributed by atoms with Crippen LogP contribution < -0.4 is 11.1 Å². The van der Waals surface area contributed by atoms with Gasteiger partial charge in [-0.2, -0.15) is 0 Å². The van der Waals surface area contributed by atoms with Gasteiger partial charge in [0.2, 0.25) is 5.91 Å². The fourth-order valence-corrected chi connectivity index (χ4v) is 3.36. The number of aliphatic hydroxyl groups is 1. The zero-order chi connectivity index (χ0) is 21.3. The third-order valence-electron chi connectivity index (χ3n) is 5.37. The van der Waals surface area contributed by atoms with Gasteiger partial charge in [0.05, 0.1) is 12.2 Å². The van der Waals surface area contributed by atoms with Crippen molar-refractivity contribution < 1.29 is 23.8 Å². The maximum atomic E-state index is 14.3. The normalized spacial score (nSPS) is 20.6. The minimum atomic E-state index is -2.19. The molecule has 1 aliphatic rings. The van der Waals surface area contributed by atoms with Crippen LogP contribution in [0.3, 0.4) is 0 Å². The van der Waals surface area contributed by atoms with E-state index in [0.717, 1.165) is 25.3 Å². The lowest BCUT2D eigenvalue weighted by atomic mass is 9.88. The first-order chi connectivity index (χ1) is 13.8. The second-order valence-electron chi connectivity index (χ2n) is 7.91. The average molecular weight is 408 g/mol. The molecule has 0 bridgehead atoms. The third-order valence-corrected chi connectivity index (χ3v) is 5.37. The molecule has 6 nitrogen and oxygen atoms in total. The van der Waals surface area contributed by atoms with Gasteiger partial charge >= 0.3 is 0 Å². The van der Waals surface area contributed by atoms with Gasteiger partial charge in [0, 0.05) is 19.1 Å². The molecular weight excluding hydrogens is 375 g/mol. The first-order valence-electron chi connectivity index (χ1n) is 10.2. The van der Waals surface area contributed by atoms with Crippen LogP contribution in [0.25, 0.3) is 0 Å². The van der Waals surface area contributed by atoms with Gasteiger partial charge in [0.25, 0.3) is 5.91 Å². The van der Waals surface area contributed by atoms with Crippen molar-refractivity contribution in [2.24, 2.45) is 11.7 Å². The first-order valence-corrected chi connectivity index (χ1v) is 10.2. The van der Waals surface area contributed by atoms with Crippen LogP contribution in [-0.4, -0.2) is 47.9 Å². The van der Waals surface area contributed by atoms with Crippen molar-refractivity contribution in [1.29, 1.82) is 0 Å². The minimum absolute atomic E-state index is 0.00812. The van der Waals surface area contributed by atoms with E-state index >= 15 is 0 Å². The summed E-state index contributed by atoms with van der Waals surface area (Å²) in [5, 5.41) is 13.2. The van der Waals surface area contributed by atoms with Crippen molar-refractivity contribution >= 4 is 11.8 Å². The molecule has 1 heterocycles. The van der Waals surface area contributed by atoms with E-state index in [4.69, 9.17) is 10.5 Å². The summed E-state index contributed by atoms with van der Waals surface area (Å²) in [6, 6.07) is 9.67. The van der Waals surface area contributed by atoms with Gasteiger partial charge < -0.3 is 20.9 Å². The Kier molecular flexibility index (Phi) is 9.04. The van der Waals surface area contributed by atoms with E-state index in [-0.39, 0.29) is 31.3 Å². The fourth-order valence-electron chi connectivity index (χ4n) is 3.36. The largest absolute Gasteiger partial charge is 0.393 e. The summed E-state index contributed by atoms with van der Waals surface area (Å²) >= 11 is 0. The second-order valence-corrected chi connectivity index (χ2v) is 7.91. The lowest BCUT2D eigenvalue weighted by Crippen LogP contribution is -2.40. The zero-order valence-corrected chi connectivity index (χ0v) is 17.0. The topological polar surface area (TPSA) is 102 Å². The van der Waals surface area contributed by atoms with Crippen LogP contribution in [0.1, 0.15) is 44.6 Å². The molecule has 0 spiro atoms. The number of nitrogens with one attached hydrogen (secondary N) is 1. The van der Waals surface area contributed by atoms with Crippen molar-refractivity contribution in [3.8, 4) is 0 Å². The van der Waals surface area contributed by atoms with Gasteiger partial charge in [0.15, 0.2) is 5.67 Å². The number of hydrogen-bond donors (Lipinski definition) is 3. The van der Waals surface area contributed by atoms with Gasteiger partial charge in [-0.25, -0.2) is 4.39 Å². The molecule has 0 aliphatic carbocycles. The SMILES string of the molecule is CC(F)(CC[C@H](C[C@@H](O)[CH]Cc1ccccc1)C(=O)NCC1CCCO1)C(N)=O. The summed E-state index contributed by atoms with van der Waals surface area (Å²) in [4.78, 5) is 23.9. The highest BCUT2D eigenvalue weighted by Crippen LogP contribution is 2.24. The molecular formula is C22H32FN2O4. The monoisotopic (exact) mass is 407 g/mol. The van der Waals surface area contributed by atoms with Crippen LogP contribution in [0.2, 0.25) is 0 Å². The van der Waals surface area contributed by atoms with Crippen LogP contribution >= 0.6 is 0 Å². The molecule has 29 heavy (non-hydrogen) atoms. The zero-order valence-electron chi connectivity index (χ0n) is 17.0. The molecule has 0 saturated carbocycles. The Bertz CT molecular complexity index is 647. The third kappa shape index (κ3) is 8.11. The predicted molar refractivity (Wildman–Crippen MR) is 108 cm³/mol. The van der Waals surface area contributed by atoms with Crippen LogP contribution in [-0.2, 0) is 20.7 Å². The Hall–Kier alpha value is -1.99. The number of carbonyl (C=O) groups excluding carboxylic acids is 2. The molecule has 161 valence electrons. The van der Waals surface area contributed by atoms with Crippen molar-refractivity contribution in [1.82, 2.24) is 5.32 Å². The van der Waals surface area contributed by atoms with E-state index in [1.54, 1.807) is 6.42 Å². The average Bonchev–Trinajstić information content (AvgIpc) is 3.22. The van der Waals surface area contributed by atoms with E-state index < -0.39 is 23.6 Å². The number of nitrogens with two attached hydrogens (primary N) is 1. The molecule has 1 fully saturated rings. The second kappa shape index (κ2) is 11.3. The Labute approximate surface area is 172 Å². The molecule has 1 aromatic carbocycles. The van der Waals surface area contributed by atoms with Gasteiger partial charge in [-0.15, -0.1) is 0 Å². The molecule has 2 amide bonds. The Morgan fingerprint density at radius 1 is 1.41 bits per heavy atom. The van der Waals surface area contributed by atoms with Crippen molar-refractivity contribution in [2.45, 2.75) is 63.3 Å². The molecule has 4 N–H and O–H groups in total. The number of carbonyl (C=O) groups is 2. The number of benzene rings is 1.